The first-order chi connectivity index (χ1) is 11.1. The average Bonchev–Trinajstić information content (AvgIpc) is 2.56. The first kappa shape index (κ1) is 17.0. The molecule has 0 radical (unpaired) electrons. The Morgan fingerprint density at radius 1 is 1.04 bits per heavy atom. The third-order valence-electron chi connectivity index (χ3n) is 3.02. The van der Waals surface area contributed by atoms with Crippen molar-refractivity contribution in [1.82, 2.24) is 0 Å². The lowest BCUT2D eigenvalue weighted by Gasteiger charge is -2.08. The zero-order chi connectivity index (χ0) is 16.7. The van der Waals surface area contributed by atoms with E-state index in [1.165, 1.54) is 7.11 Å². The van der Waals surface area contributed by atoms with Gasteiger partial charge in [0.25, 0.3) is 5.91 Å². The Morgan fingerprint density at radius 2 is 1.74 bits per heavy atom. The van der Waals surface area contributed by atoms with Crippen LogP contribution in [0.1, 0.15) is 20.7 Å². The van der Waals surface area contributed by atoms with Crippen molar-refractivity contribution in [2.24, 2.45) is 0 Å². The number of carbonyl (C=O) groups excluding carboxylic acids is 2. The molecule has 2 aromatic rings. The van der Waals surface area contributed by atoms with Gasteiger partial charge in [-0.15, -0.1) is 0 Å². The van der Waals surface area contributed by atoms with Crippen LogP contribution in [0.4, 0.5) is 5.69 Å². The number of carbonyl (C=O) groups is 2. The quantitative estimate of drug-likeness (QED) is 0.650. The molecular weight excluding hydrogens is 318 g/mol. The van der Waals surface area contributed by atoms with E-state index in [2.05, 4.69) is 5.32 Å². The number of hydrogen-bond donors (Lipinski definition) is 1. The average molecular weight is 334 g/mol. The summed E-state index contributed by atoms with van der Waals surface area (Å²) in [5, 5.41) is 3.10. The minimum absolute atomic E-state index is 0.195. The van der Waals surface area contributed by atoms with Gasteiger partial charge in [0.2, 0.25) is 0 Å². The maximum atomic E-state index is 12.1. The van der Waals surface area contributed by atoms with Crippen molar-refractivity contribution in [3.05, 3.63) is 64.7 Å². The van der Waals surface area contributed by atoms with Gasteiger partial charge in [-0.25, -0.2) is 4.79 Å². The van der Waals surface area contributed by atoms with Crippen molar-refractivity contribution in [1.29, 1.82) is 0 Å². The highest BCUT2D eigenvalue weighted by Gasteiger charge is 2.11. The second-order valence-corrected chi connectivity index (χ2v) is 5.05. The number of methoxy groups -OCH3 is 1. The van der Waals surface area contributed by atoms with Crippen LogP contribution >= 0.6 is 11.6 Å². The van der Waals surface area contributed by atoms with Gasteiger partial charge in [0, 0.05) is 12.8 Å². The number of halogens is 1. The minimum atomic E-state index is -0.439. The highest BCUT2D eigenvalue weighted by atomic mass is 35.5. The van der Waals surface area contributed by atoms with Gasteiger partial charge < -0.3 is 14.8 Å². The van der Waals surface area contributed by atoms with Gasteiger partial charge in [-0.2, -0.15) is 0 Å². The summed E-state index contributed by atoms with van der Waals surface area (Å²) in [5.41, 5.74) is 1.34. The fourth-order valence-electron chi connectivity index (χ4n) is 1.83. The molecule has 0 atom stereocenters. The number of anilines is 1. The molecule has 0 unspecified atom stereocenters. The second kappa shape index (κ2) is 8.31. The summed E-state index contributed by atoms with van der Waals surface area (Å²) in [4.78, 5) is 23.9. The fraction of sp³-hybridized carbons (Fsp3) is 0.176. The van der Waals surface area contributed by atoms with Crippen LogP contribution in [0.25, 0.3) is 0 Å². The zero-order valence-electron chi connectivity index (χ0n) is 12.5. The molecule has 23 heavy (non-hydrogen) atoms. The molecule has 1 amide bonds. The van der Waals surface area contributed by atoms with Crippen LogP contribution in [0, 0.1) is 0 Å². The van der Waals surface area contributed by atoms with Crippen LogP contribution in [0.2, 0.25) is 5.02 Å². The molecule has 0 aliphatic carbocycles. The van der Waals surface area contributed by atoms with Crippen molar-refractivity contribution >= 4 is 29.2 Å². The van der Waals surface area contributed by atoms with E-state index in [-0.39, 0.29) is 12.5 Å². The monoisotopic (exact) mass is 333 g/mol. The lowest BCUT2D eigenvalue weighted by atomic mass is 10.2. The summed E-state index contributed by atoms with van der Waals surface area (Å²) in [7, 11) is 1.53. The maximum Gasteiger partial charge on any atom is 0.338 e. The molecule has 0 fully saturated rings. The van der Waals surface area contributed by atoms with E-state index in [1.807, 2.05) is 0 Å². The number of ether oxygens (including phenoxy) is 2. The number of esters is 1. The van der Waals surface area contributed by atoms with Crippen LogP contribution in [0.15, 0.2) is 48.5 Å². The lowest BCUT2D eigenvalue weighted by Crippen LogP contribution is -2.13. The molecule has 0 aliphatic heterocycles. The van der Waals surface area contributed by atoms with Gasteiger partial charge in [-0.1, -0.05) is 23.7 Å². The predicted molar refractivity (Wildman–Crippen MR) is 88.0 cm³/mol. The summed E-state index contributed by atoms with van der Waals surface area (Å²) >= 11 is 5.98. The molecule has 0 saturated heterocycles. The largest absolute Gasteiger partial charge is 0.460 e. The Morgan fingerprint density at radius 3 is 2.39 bits per heavy atom. The second-order valence-electron chi connectivity index (χ2n) is 4.64. The predicted octanol–water partition coefficient (Wildman–Crippen LogP) is 3.40. The van der Waals surface area contributed by atoms with Gasteiger partial charge in [-0.3, -0.25) is 4.79 Å². The Bertz CT molecular complexity index is 685. The molecule has 0 aromatic heterocycles. The smallest absolute Gasteiger partial charge is 0.338 e. The Labute approximate surface area is 139 Å². The number of nitrogens with one attached hydrogen (secondary N) is 1. The van der Waals surface area contributed by atoms with Crippen LogP contribution in [-0.2, 0) is 9.47 Å². The summed E-state index contributed by atoms with van der Waals surface area (Å²) < 4.78 is 9.81. The number of amides is 1. The molecule has 120 valence electrons. The van der Waals surface area contributed by atoms with Crippen LogP contribution < -0.4 is 5.32 Å². The molecule has 2 aromatic carbocycles. The number of rotatable bonds is 6. The van der Waals surface area contributed by atoms with Crippen LogP contribution in [0.3, 0.4) is 0 Å². The summed E-state index contributed by atoms with van der Waals surface area (Å²) in [6.45, 7) is 0.540. The van der Waals surface area contributed by atoms with E-state index in [0.29, 0.717) is 28.4 Å². The standard InChI is InChI=1S/C17H16ClNO4/c1-22-10-11-23-17(21)12-6-8-13(9-7-12)19-16(20)14-4-2-3-5-15(14)18/h2-9H,10-11H2,1H3,(H,19,20). The molecule has 0 saturated carbocycles. The molecule has 5 nitrogen and oxygen atoms in total. The molecule has 0 heterocycles. The SMILES string of the molecule is COCCOC(=O)c1ccc(NC(=O)c2ccccc2Cl)cc1. The Hall–Kier alpha value is -2.37. The summed E-state index contributed by atoms with van der Waals surface area (Å²) in [6.07, 6.45) is 0. The van der Waals surface area contributed by atoms with Gasteiger partial charge >= 0.3 is 5.97 Å². The van der Waals surface area contributed by atoms with Crippen LogP contribution in [0.5, 0.6) is 0 Å². The first-order valence-electron chi connectivity index (χ1n) is 6.94. The Balaban J connectivity index is 1.99. The minimum Gasteiger partial charge on any atom is -0.460 e. The van der Waals surface area contributed by atoms with E-state index < -0.39 is 5.97 Å². The van der Waals surface area contributed by atoms with Crippen molar-refractivity contribution in [3.63, 3.8) is 0 Å². The van der Waals surface area contributed by atoms with Gasteiger partial charge in [0.05, 0.1) is 22.8 Å². The lowest BCUT2D eigenvalue weighted by molar-refractivity contribution is 0.0388. The van der Waals surface area contributed by atoms with E-state index in [9.17, 15) is 9.59 Å². The molecular formula is C17H16ClNO4. The van der Waals surface area contributed by atoms with Gasteiger partial charge in [0.15, 0.2) is 0 Å². The molecule has 0 aliphatic rings. The normalized spacial score (nSPS) is 10.2. The molecule has 2 rings (SSSR count). The zero-order valence-corrected chi connectivity index (χ0v) is 13.3. The summed E-state index contributed by atoms with van der Waals surface area (Å²) in [6, 6.07) is 13.2. The van der Waals surface area contributed by atoms with Crippen molar-refractivity contribution < 1.29 is 19.1 Å². The highest BCUT2D eigenvalue weighted by Crippen LogP contribution is 2.17. The third-order valence-corrected chi connectivity index (χ3v) is 3.35. The molecule has 0 spiro atoms. The molecule has 6 heteroatoms. The number of benzene rings is 2. The van der Waals surface area contributed by atoms with E-state index in [0.717, 1.165) is 0 Å². The number of hydrogen-bond acceptors (Lipinski definition) is 4. The van der Waals surface area contributed by atoms with E-state index in [4.69, 9.17) is 21.1 Å². The molecule has 1 N–H and O–H groups in total. The Kier molecular flexibility index (Phi) is 6.14. The topological polar surface area (TPSA) is 64.6 Å². The third kappa shape index (κ3) is 4.81. The first-order valence-corrected chi connectivity index (χ1v) is 7.31. The maximum absolute atomic E-state index is 12.1. The van der Waals surface area contributed by atoms with E-state index >= 15 is 0 Å². The highest BCUT2D eigenvalue weighted by molar-refractivity contribution is 6.34. The summed E-state index contributed by atoms with van der Waals surface area (Å²) in [5.74, 6) is -0.753. The van der Waals surface area contributed by atoms with Crippen LogP contribution in [-0.4, -0.2) is 32.2 Å². The molecule has 0 bridgehead atoms. The van der Waals surface area contributed by atoms with E-state index in [1.54, 1.807) is 48.5 Å². The van der Waals surface area contributed by atoms with Gasteiger partial charge in [-0.05, 0) is 36.4 Å². The van der Waals surface area contributed by atoms with Gasteiger partial charge in [0.1, 0.15) is 6.61 Å². The fourth-order valence-corrected chi connectivity index (χ4v) is 2.06. The van der Waals surface area contributed by atoms with Crippen molar-refractivity contribution in [2.75, 3.05) is 25.6 Å². The van der Waals surface area contributed by atoms with Crippen molar-refractivity contribution in [3.8, 4) is 0 Å². The van der Waals surface area contributed by atoms with Crippen molar-refractivity contribution in [2.45, 2.75) is 0 Å².